The predicted octanol–water partition coefficient (Wildman–Crippen LogP) is 1.28. The van der Waals surface area contributed by atoms with Gasteiger partial charge >= 0.3 is 23.9 Å². The lowest BCUT2D eigenvalue weighted by Crippen LogP contribution is -2.53. The molecule has 170 valence electrons. The van der Waals surface area contributed by atoms with E-state index in [2.05, 4.69) is 0 Å². The van der Waals surface area contributed by atoms with Gasteiger partial charge in [-0.15, -0.1) is 0 Å². The lowest BCUT2D eigenvalue weighted by molar-refractivity contribution is -0.199. The Balaban J connectivity index is 6.10. The average Bonchev–Trinajstić information content (AvgIpc) is 2.57. The van der Waals surface area contributed by atoms with Crippen molar-refractivity contribution in [2.45, 2.75) is 55.9 Å². The molecular weight excluding hydrogens is 473 g/mol. The summed E-state index contributed by atoms with van der Waals surface area (Å²) in [6.07, 6.45) is -6.61. The molecule has 0 aromatic carbocycles. The van der Waals surface area contributed by atoms with Gasteiger partial charge in [-0.1, -0.05) is 34.8 Å². The summed E-state index contributed by atoms with van der Waals surface area (Å²) in [4.78, 5) is 57.5. The summed E-state index contributed by atoms with van der Waals surface area (Å²) in [6, 6.07) is 0. The van der Waals surface area contributed by atoms with E-state index in [1.54, 1.807) is 0 Å². The number of rotatable bonds is 10. The number of halogens is 3. The first-order chi connectivity index (χ1) is 13.7. The maximum atomic E-state index is 11.6. The summed E-state index contributed by atoms with van der Waals surface area (Å²) in [6.45, 7) is 3.23. The van der Waals surface area contributed by atoms with Crippen LogP contribution in [0.25, 0.3) is 0 Å². The zero-order chi connectivity index (χ0) is 23.6. The summed E-state index contributed by atoms with van der Waals surface area (Å²) in [5.74, 6) is -4.53. The minimum Gasteiger partial charge on any atom is -0.474 e. The van der Waals surface area contributed by atoms with Crippen molar-refractivity contribution in [2.24, 2.45) is 0 Å². The van der Waals surface area contributed by atoms with Crippen LogP contribution in [-0.4, -0.2) is 70.9 Å². The van der Waals surface area contributed by atoms with Crippen LogP contribution in [0.4, 0.5) is 0 Å². The highest BCUT2D eigenvalue weighted by atomic mass is 35.6. The molecule has 0 aliphatic heterocycles. The van der Waals surface area contributed by atoms with E-state index in [1.807, 2.05) is 0 Å². The lowest BCUT2D eigenvalue weighted by Gasteiger charge is -2.33. The smallest absolute Gasteiger partial charge is 0.303 e. The Morgan fingerprint density at radius 2 is 1.27 bits per heavy atom. The molecule has 0 saturated carbocycles. The maximum Gasteiger partial charge on any atom is 0.303 e. The molecule has 0 aliphatic rings. The van der Waals surface area contributed by atoms with Crippen LogP contribution < -0.4 is 0 Å². The molecule has 0 amide bonds. The molecule has 0 rings (SSSR count). The van der Waals surface area contributed by atoms with E-state index in [-0.39, 0.29) is 6.29 Å². The van der Waals surface area contributed by atoms with E-state index in [1.165, 1.54) is 0 Å². The third-order valence-corrected chi connectivity index (χ3v) is 3.54. The van der Waals surface area contributed by atoms with Crippen LogP contribution >= 0.6 is 34.8 Å². The van der Waals surface area contributed by atoms with Gasteiger partial charge in [0.2, 0.25) is 5.90 Å². The van der Waals surface area contributed by atoms with E-state index in [0.717, 1.165) is 27.7 Å². The van der Waals surface area contributed by atoms with Crippen molar-refractivity contribution in [3.05, 3.63) is 0 Å². The zero-order valence-corrected chi connectivity index (χ0v) is 18.6. The highest BCUT2D eigenvalue weighted by molar-refractivity contribution is 6.76. The molecule has 0 aromatic heterocycles. The zero-order valence-electron chi connectivity index (χ0n) is 16.3. The Labute approximate surface area is 186 Å². The molecule has 0 bridgehead atoms. The minimum absolute atomic E-state index is 0.126. The summed E-state index contributed by atoms with van der Waals surface area (Å²) < 4.78 is 22.6. The van der Waals surface area contributed by atoms with Crippen molar-refractivity contribution in [1.82, 2.24) is 0 Å². The van der Waals surface area contributed by atoms with Crippen molar-refractivity contribution in [1.29, 1.82) is 5.41 Å². The Morgan fingerprint density at radius 1 is 0.833 bits per heavy atom. The maximum absolute atomic E-state index is 11.6. The van der Waals surface area contributed by atoms with Crippen LogP contribution in [0.3, 0.4) is 0 Å². The SMILES string of the molecule is CC(=O)O[C@@H]([C@H](OC(C)=O)[C@@H](COC(=N)C(Cl)(Cl)Cl)OC(C)=O)[C@H](C=O)OC(C)=O. The fourth-order valence-electron chi connectivity index (χ4n) is 2.08. The number of aldehydes is 1. The third-order valence-electron chi connectivity index (χ3n) is 3.02. The van der Waals surface area contributed by atoms with Crippen LogP contribution in [-0.2, 0) is 47.7 Å². The molecule has 0 saturated heterocycles. The van der Waals surface area contributed by atoms with Crippen molar-refractivity contribution in [3.63, 3.8) is 0 Å². The second-order valence-electron chi connectivity index (χ2n) is 5.64. The molecule has 0 unspecified atom stereocenters. The Kier molecular flexibility index (Phi) is 11.7. The summed E-state index contributed by atoms with van der Waals surface area (Å²) in [5.41, 5.74) is 0. The molecule has 11 nitrogen and oxygen atoms in total. The molecule has 14 heteroatoms. The number of carbonyl (C=O) groups excluding carboxylic acids is 5. The number of alkyl halides is 3. The number of esters is 4. The largest absolute Gasteiger partial charge is 0.474 e. The van der Waals surface area contributed by atoms with Gasteiger partial charge < -0.3 is 23.7 Å². The molecule has 0 radical (unpaired) electrons. The van der Waals surface area contributed by atoms with Gasteiger partial charge in [-0.2, -0.15) is 0 Å². The molecule has 0 heterocycles. The monoisotopic (exact) mass is 491 g/mol. The van der Waals surface area contributed by atoms with Crippen LogP contribution in [0.2, 0.25) is 0 Å². The predicted molar refractivity (Wildman–Crippen MR) is 102 cm³/mol. The highest BCUT2D eigenvalue weighted by Crippen LogP contribution is 2.28. The fourth-order valence-corrected chi connectivity index (χ4v) is 2.24. The van der Waals surface area contributed by atoms with Gasteiger partial charge in [-0.25, -0.2) is 0 Å². The Bertz CT molecular complexity index is 679. The van der Waals surface area contributed by atoms with Crippen molar-refractivity contribution < 1.29 is 47.7 Å². The van der Waals surface area contributed by atoms with Gasteiger partial charge in [0.05, 0.1) is 0 Å². The van der Waals surface area contributed by atoms with Gasteiger partial charge in [0.1, 0.15) is 6.61 Å². The first kappa shape index (κ1) is 27.9. The van der Waals surface area contributed by atoms with Crippen molar-refractivity contribution in [2.75, 3.05) is 6.61 Å². The number of nitrogens with one attached hydrogen (secondary N) is 1. The number of carbonyl (C=O) groups is 5. The number of ether oxygens (including phenoxy) is 5. The van der Waals surface area contributed by atoms with Crippen molar-refractivity contribution >= 4 is 70.9 Å². The molecule has 0 aliphatic carbocycles. The van der Waals surface area contributed by atoms with Gasteiger partial charge in [0, 0.05) is 27.7 Å². The third kappa shape index (κ3) is 10.6. The summed E-state index contributed by atoms with van der Waals surface area (Å²) >= 11 is 16.5. The molecule has 1 N–H and O–H groups in total. The Morgan fingerprint density at radius 3 is 1.63 bits per heavy atom. The van der Waals surface area contributed by atoms with Crippen LogP contribution in [0, 0.1) is 5.41 Å². The van der Waals surface area contributed by atoms with E-state index < -0.39 is 64.6 Å². The van der Waals surface area contributed by atoms with E-state index >= 15 is 0 Å². The van der Waals surface area contributed by atoms with Gasteiger partial charge in [-0.3, -0.25) is 29.4 Å². The van der Waals surface area contributed by atoms with E-state index in [9.17, 15) is 24.0 Å². The first-order valence-corrected chi connectivity index (χ1v) is 9.25. The molecular formula is C16H20Cl3NO10. The van der Waals surface area contributed by atoms with Gasteiger partial charge in [-0.05, 0) is 0 Å². The van der Waals surface area contributed by atoms with E-state index in [0.29, 0.717) is 0 Å². The molecule has 30 heavy (non-hydrogen) atoms. The van der Waals surface area contributed by atoms with E-state index in [4.69, 9.17) is 63.9 Å². The normalized spacial score (nSPS) is 14.9. The second-order valence-corrected chi connectivity index (χ2v) is 7.93. The molecule has 0 aromatic rings. The van der Waals surface area contributed by atoms with Crippen LogP contribution in [0.15, 0.2) is 0 Å². The first-order valence-electron chi connectivity index (χ1n) is 8.11. The highest BCUT2D eigenvalue weighted by Gasteiger charge is 2.44. The quantitative estimate of drug-likeness (QED) is 0.118. The van der Waals surface area contributed by atoms with Gasteiger partial charge in [0.25, 0.3) is 3.79 Å². The summed E-state index contributed by atoms with van der Waals surface area (Å²) in [7, 11) is 0. The molecule has 4 atom stereocenters. The minimum atomic E-state index is -2.25. The fraction of sp³-hybridized carbons (Fsp3) is 0.625. The number of hydrogen-bond acceptors (Lipinski definition) is 11. The second kappa shape index (κ2) is 12.6. The van der Waals surface area contributed by atoms with Crippen molar-refractivity contribution in [3.8, 4) is 0 Å². The standard InChI is InChI=1S/C16H20Cl3NO10/c1-7(22)27-11(5-21)13(29-9(3)24)14(30-10(4)25)12(28-8(2)23)6-26-15(20)16(17,18)19/h5,11-14,20H,6H2,1-4H3/t11-,12+,13+,14+/m0/s1. The number of hydrogen-bond donors (Lipinski definition) is 1. The Hall–Kier alpha value is -2.11. The average molecular weight is 493 g/mol. The molecule has 0 spiro atoms. The van der Waals surface area contributed by atoms with Crippen LogP contribution in [0.1, 0.15) is 27.7 Å². The van der Waals surface area contributed by atoms with Gasteiger partial charge in [0.15, 0.2) is 30.7 Å². The lowest BCUT2D eigenvalue weighted by atomic mass is 10.0. The molecule has 0 fully saturated rings. The summed E-state index contributed by atoms with van der Waals surface area (Å²) in [5, 5.41) is 7.55. The topological polar surface area (TPSA) is 155 Å². The van der Waals surface area contributed by atoms with Crippen LogP contribution in [0.5, 0.6) is 0 Å².